The predicted octanol–water partition coefficient (Wildman–Crippen LogP) is 3.27. The summed E-state index contributed by atoms with van der Waals surface area (Å²) in [5, 5.41) is 10.9. The summed E-state index contributed by atoms with van der Waals surface area (Å²) in [4.78, 5) is 11.4. The van der Waals surface area contributed by atoms with Gasteiger partial charge in [-0.15, -0.1) is 11.8 Å². The maximum absolute atomic E-state index is 10.9. The molecule has 0 fully saturated rings. The third kappa shape index (κ3) is 2.26. The Morgan fingerprint density at radius 3 is 2.64 bits per heavy atom. The number of thioether (sulfide) groups is 1. The molecule has 14 heavy (non-hydrogen) atoms. The quantitative estimate of drug-likeness (QED) is 0.436. The van der Waals surface area contributed by atoms with Crippen molar-refractivity contribution in [2.75, 3.05) is 5.75 Å². The van der Waals surface area contributed by atoms with Gasteiger partial charge in [-0.05, 0) is 18.2 Å². The fourth-order valence-corrected chi connectivity index (χ4v) is 2.16. The van der Waals surface area contributed by atoms with Crippen LogP contribution < -0.4 is 0 Å². The molecule has 0 heterocycles. The molecule has 0 radical (unpaired) electrons. The minimum Gasteiger partial charge on any atom is -0.258 e. The summed E-state index contributed by atoms with van der Waals surface area (Å²) < 4.78 is 0. The van der Waals surface area contributed by atoms with Crippen molar-refractivity contribution in [1.82, 2.24) is 0 Å². The number of nitro groups is 1. The highest BCUT2D eigenvalue weighted by molar-refractivity contribution is 7.99. The van der Waals surface area contributed by atoms with Crippen LogP contribution in [-0.4, -0.2) is 10.7 Å². The highest BCUT2D eigenvalue weighted by atomic mass is 32.2. The van der Waals surface area contributed by atoms with Crippen LogP contribution in [0, 0.1) is 10.1 Å². The number of para-hydroxylation sites is 1. The average molecular weight is 211 g/mol. The molecule has 0 spiro atoms. The smallest absolute Gasteiger partial charge is 0.258 e. The van der Waals surface area contributed by atoms with E-state index in [9.17, 15) is 10.1 Å². The highest BCUT2D eigenvalue weighted by Gasteiger charge is 2.17. The largest absolute Gasteiger partial charge is 0.286 e. The molecule has 1 rings (SSSR count). The SMILES string of the molecule is CCSc1cccc(CC)c1[N+](=O)[O-]. The van der Waals surface area contributed by atoms with E-state index in [-0.39, 0.29) is 10.6 Å². The topological polar surface area (TPSA) is 43.1 Å². The van der Waals surface area contributed by atoms with E-state index in [0.717, 1.165) is 16.2 Å². The monoisotopic (exact) mass is 211 g/mol. The number of nitrogens with zero attached hydrogens (tertiary/aromatic N) is 1. The van der Waals surface area contributed by atoms with Crippen molar-refractivity contribution in [3.63, 3.8) is 0 Å². The van der Waals surface area contributed by atoms with E-state index >= 15 is 0 Å². The van der Waals surface area contributed by atoms with Gasteiger partial charge in [0.2, 0.25) is 0 Å². The van der Waals surface area contributed by atoms with Gasteiger partial charge in [-0.25, -0.2) is 0 Å². The van der Waals surface area contributed by atoms with Crippen molar-refractivity contribution in [3.05, 3.63) is 33.9 Å². The Bertz CT molecular complexity index is 339. The number of nitro benzene ring substituents is 1. The van der Waals surface area contributed by atoms with Crippen molar-refractivity contribution in [2.24, 2.45) is 0 Å². The summed E-state index contributed by atoms with van der Waals surface area (Å²) in [5.41, 5.74) is 1.09. The minimum atomic E-state index is -0.281. The van der Waals surface area contributed by atoms with E-state index in [1.54, 1.807) is 0 Å². The summed E-state index contributed by atoms with van der Waals surface area (Å²) in [6.45, 7) is 3.93. The molecule has 0 saturated heterocycles. The van der Waals surface area contributed by atoms with Gasteiger partial charge < -0.3 is 0 Å². The second-order valence-corrected chi connectivity index (χ2v) is 4.11. The zero-order valence-electron chi connectivity index (χ0n) is 8.32. The molecule has 0 aromatic heterocycles. The Hall–Kier alpha value is -1.03. The van der Waals surface area contributed by atoms with Crippen molar-refractivity contribution in [2.45, 2.75) is 25.2 Å². The van der Waals surface area contributed by atoms with E-state index in [0.29, 0.717) is 6.42 Å². The fraction of sp³-hybridized carbons (Fsp3) is 0.400. The first kappa shape index (κ1) is 11.0. The molecule has 0 aliphatic heterocycles. The van der Waals surface area contributed by atoms with Crippen molar-refractivity contribution in [1.29, 1.82) is 0 Å². The average Bonchev–Trinajstić information content (AvgIpc) is 2.17. The van der Waals surface area contributed by atoms with Gasteiger partial charge in [0.05, 0.1) is 9.82 Å². The van der Waals surface area contributed by atoms with Crippen LogP contribution in [0.5, 0.6) is 0 Å². The number of rotatable bonds is 4. The molecule has 0 amide bonds. The van der Waals surface area contributed by atoms with Gasteiger partial charge in [-0.2, -0.15) is 0 Å². The normalized spacial score (nSPS) is 10.1. The zero-order valence-corrected chi connectivity index (χ0v) is 9.13. The first-order valence-corrected chi connectivity index (χ1v) is 5.58. The van der Waals surface area contributed by atoms with Crippen molar-refractivity contribution in [3.8, 4) is 0 Å². The summed E-state index contributed by atoms with van der Waals surface area (Å²) in [7, 11) is 0. The van der Waals surface area contributed by atoms with Crippen LogP contribution >= 0.6 is 11.8 Å². The van der Waals surface area contributed by atoms with Gasteiger partial charge in [0, 0.05) is 5.56 Å². The molecule has 0 bridgehead atoms. The minimum absolute atomic E-state index is 0.279. The van der Waals surface area contributed by atoms with Crippen LogP contribution in [0.15, 0.2) is 23.1 Å². The Morgan fingerprint density at radius 2 is 2.14 bits per heavy atom. The van der Waals surface area contributed by atoms with E-state index in [1.807, 2.05) is 32.0 Å². The zero-order chi connectivity index (χ0) is 10.6. The Balaban J connectivity index is 3.20. The Morgan fingerprint density at radius 1 is 1.43 bits per heavy atom. The van der Waals surface area contributed by atoms with E-state index in [2.05, 4.69) is 0 Å². The lowest BCUT2D eigenvalue weighted by Crippen LogP contribution is -1.96. The molecule has 0 unspecified atom stereocenters. The molecule has 76 valence electrons. The lowest BCUT2D eigenvalue weighted by molar-refractivity contribution is -0.388. The molecular weight excluding hydrogens is 198 g/mol. The maximum atomic E-state index is 10.9. The first-order valence-electron chi connectivity index (χ1n) is 4.59. The van der Waals surface area contributed by atoms with Crippen LogP contribution in [0.25, 0.3) is 0 Å². The van der Waals surface area contributed by atoms with Crippen LogP contribution in [0.2, 0.25) is 0 Å². The lowest BCUT2D eigenvalue weighted by atomic mass is 10.1. The van der Waals surface area contributed by atoms with E-state index in [4.69, 9.17) is 0 Å². The summed E-state index contributed by atoms with van der Waals surface area (Å²) in [5.74, 6) is 0.855. The summed E-state index contributed by atoms with van der Waals surface area (Å²) in [6.07, 6.45) is 0.703. The van der Waals surface area contributed by atoms with Gasteiger partial charge in [0.15, 0.2) is 0 Å². The maximum Gasteiger partial charge on any atom is 0.286 e. The van der Waals surface area contributed by atoms with Gasteiger partial charge >= 0.3 is 0 Å². The van der Waals surface area contributed by atoms with Gasteiger partial charge in [-0.1, -0.05) is 26.0 Å². The van der Waals surface area contributed by atoms with Crippen molar-refractivity contribution < 1.29 is 4.92 Å². The predicted molar refractivity (Wildman–Crippen MR) is 58.9 cm³/mol. The number of hydrogen-bond acceptors (Lipinski definition) is 3. The van der Waals surface area contributed by atoms with Crippen molar-refractivity contribution >= 4 is 17.4 Å². The molecule has 0 N–H and O–H groups in total. The number of benzene rings is 1. The standard InChI is InChI=1S/C10H13NO2S/c1-3-8-6-5-7-9(14-4-2)10(8)11(12)13/h5-7H,3-4H2,1-2H3. The summed E-state index contributed by atoms with van der Waals surface area (Å²) >= 11 is 1.52. The number of aryl methyl sites for hydroxylation is 1. The third-order valence-corrected chi connectivity index (χ3v) is 2.87. The molecule has 3 nitrogen and oxygen atoms in total. The first-order chi connectivity index (χ1) is 6.70. The fourth-order valence-electron chi connectivity index (χ4n) is 1.33. The van der Waals surface area contributed by atoms with E-state index < -0.39 is 0 Å². The molecule has 0 aliphatic carbocycles. The second kappa shape index (κ2) is 5.00. The molecule has 0 atom stereocenters. The molecule has 0 saturated carbocycles. The Kier molecular flexibility index (Phi) is 3.95. The molecular formula is C10H13NO2S. The van der Waals surface area contributed by atoms with Crippen LogP contribution in [0.4, 0.5) is 5.69 Å². The molecule has 1 aromatic rings. The van der Waals surface area contributed by atoms with Gasteiger partial charge in [-0.3, -0.25) is 10.1 Å². The van der Waals surface area contributed by atoms with Gasteiger partial charge in [0.25, 0.3) is 5.69 Å². The van der Waals surface area contributed by atoms with Crippen LogP contribution in [-0.2, 0) is 6.42 Å². The van der Waals surface area contributed by atoms with E-state index in [1.165, 1.54) is 11.8 Å². The lowest BCUT2D eigenvalue weighted by Gasteiger charge is -2.04. The molecule has 1 aromatic carbocycles. The van der Waals surface area contributed by atoms with Crippen LogP contribution in [0.3, 0.4) is 0 Å². The number of hydrogen-bond donors (Lipinski definition) is 0. The second-order valence-electron chi connectivity index (χ2n) is 2.81. The van der Waals surface area contributed by atoms with Crippen LogP contribution in [0.1, 0.15) is 19.4 Å². The molecule has 4 heteroatoms. The molecule has 0 aliphatic rings. The Labute approximate surface area is 87.7 Å². The third-order valence-electron chi connectivity index (χ3n) is 1.95. The summed E-state index contributed by atoms with van der Waals surface area (Å²) in [6, 6.07) is 5.51. The van der Waals surface area contributed by atoms with Gasteiger partial charge in [0.1, 0.15) is 0 Å². The highest BCUT2D eigenvalue weighted by Crippen LogP contribution is 2.32.